The zero-order valence-electron chi connectivity index (χ0n) is 36.8. The molecule has 2 nitrogen and oxygen atoms in total. The smallest absolute Gasteiger partial charge is 0.0726 e. The number of rotatable bonds is 9. The zero-order valence-corrected chi connectivity index (χ0v) is 36.8. The fraction of sp³-hybridized carbons (Fsp3) is 0.0312. The molecule has 0 fully saturated rings. The number of para-hydroxylation sites is 1. The molecule has 0 N–H and O–H groups in total. The van der Waals surface area contributed by atoms with Gasteiger partial charge < -0.3 is 9.80 Å². The van der Waals surface area contributed by atoms with E-state index in [1.807, 2.05) is 6.08 Å². The van der Waals surface area contributed by atoms with Gasteiger partial charge in [-0.2, -0.15) is 0 Å². The summed E-state index contributed by atoms with van der Waals surface area (Å²) in [6.45, 7) is 6.15. The first-order chi connectivity index (χ1) is 32.6. The van der Waals surface area contributed by atoms with Crippen LogP contribution >= 0.6 is 0 Å². The van der Waals surface area contributed by atoms with Crippen LogP contribution in [-0.4, -0.2) is 0 Å². The maximum Gasteiger partial charge on any atom is 0.0726 e. The van der Waals surface area contributed by atoms with E-state index < -0.39 is 5.41 Å². The molecule has 0 bridgehead atoms. The first-order valence-electron chi connectivity index (χ1n) is 22.8. The average Bonchev–Trinajstić information content (AvgIpc) is 3.85. The molecule has 2 heteroatoms. The van der Waals surface area contributed by atoms with Crippen LogP contribution in [0.2, 0.25) is 0 Å². The summed E-state index contributed by atoms with van der Waals surface area (Å²) in [5.74, 6) is 0. The Balaban J connectivity index is 0.963. The second kappa shape index (κ2) is 16.0. The molecule has 0 heterocycles. The number of allylic oxidation sites excluding steroid dienone is 3. The lowest BCUT2D eigenvalue weighted by Gasteiger charge is -2.32. The van der Waals surface area contributed by atoms with E-state index in [1.54, 1.807) is 0 Å². The van der Waals surface area contributed by atoms with Crippen LogP contribution < -0.4 is 9.80 Å². The molecule has 0 unspecified atom stereocenters. The van der Waals surface area contributed by atoms with Crippen molar-refractivity contribution in [3.05, 3.63) is 283 Å². The van der Waals surface area contributed by atoms with Crippen molar-refractivity contribution >= 4 is 50.5 Å². The number of nitrogens with zero attached hydrogens (tertiary/aromatic N) is 2. The number of fused-ring (bicyclic) bond motifs is 11. The Morgan fingerprint density at radius 1 is 0.394 bits per heavy atom. The fourth-order valence-corrected chi connectivity index (χ4v) is 10.9. The van der Waals surface area contributed by atoms with Gasteiger partial charge in [-0.15, -0.1) is 0 Å². The van der Waals surface area contributed by atoms with Gasteiger partial charge in [0.15, 0.2) is 0 Å². The molecule has 66 heavy (non-hydrogen) atoms. The van der Waals surface area contributed by atoms with Crippen LogP contribution in [0, 0.1) is 0 Å². The molecule has 10 aromatic rings. The highest BCUT2D eigenvalue weighted by atomic mass is 15.1. The quantitative estimate of drug-likeness (QED) is 0.134. The highest BCUT2D eigenvalue weighted by Gasteiger charge is 2.51. The van der Waals surface area contributed by atoms with Gasteiger partial charge in [0, 0.05) is 33.8 Å². The van der Waals surface area contributed by atoms with Gasteiger partial charge in [-0.3, -0.25) is 0 Å². The molecule has 2 aliphatic carbocycles. The number of anilines is 6. The molecule has 1 spiro atoms. The summed E-state index contributed by atoms with van der Waals surface area (Å²) in [5.41, 5.74) is 21.3. The Hall–Kier alpha value is -8.46. The molecule has 0 saturated carbocycles. The second-order valence-corrected chi connectivity index (χ2v) is 17.2. The molecule has 0 amide bonds. The third kappa shape index (κ3) is 6.10. The predicted molar refractivity (Wildman–Crippen MR) is 279 cm³/mol. The molecule has 312 valence electrons. The SMILES string of the molecule is C=C/C(=C\C)c1ccc(N(c2ccc(-c3ccc(N(c4ccccc4)c4cccc5ccccc45)cc3)cc2)c2ccc3c(c2)C2(c4ccccc4-c4ccccc42)c2ccccc2-3)cc1. The molecular weight excluding hydrogens is 797 g/mol. The zero-order chi connectivity index (χ0) is 44.2. The van der Waals surface area contributed by atoms with Gasteiger partial charge >= 0.3 is 0 Å². The summed E-state index contributed by atoms with van der Waals surface area (Å²) in [6.07, 6.45) is 4.04. The first-order valence-corrected chi connectivity index (χ1v) is 22.8. The van der Waals surface area contributed by atoms with Crippen LogP contribution in [-0.2, 0) is 5.41 Å². The van der Waals surface area contributed by atoms with Crippen molar-refractivity contribution in [2.24, 2.45) is 0 Å². The van der Waals surface area contributed by atoms with Gasteiger partial charge in [-0.25, -0.2) is 0 Å². The average molecular weight is 843 g/mol. The van der Waals surface area contributed by atoms with Crippen molar-refractivity contribution in [2.45, 2.75) is 12.3 Å². The largest absolute Gasteiger partial charge is 0.310 e. The van der Waals surface area contributed by atoms with Crippen LogP contribution in [0.1, 0.15) is 34.7 Å². The lowest BCUT2D eigenvalue weighted by Crippen LogP contribution is -2.26. The minimum atomic E-state index is -0.435. The Morgan fingerprint density at radius 3 is 1.42 bits per heavy atom. The number of hydrogen-bond donors (Lipinski definition) is 0. The molecule has 0 radical (unpaired) electrons. The van der Waals surface area contributed by atoms with Gasteiger partial charge in [0.05, 0.1) is 11.1 Å². The van der Waals surface area contributed by atoms with Crippen molar-refractivity contribution in [3.8, 4) is 33.4 Å². The molecule has 0 aromatic heterocycles. The van der Waals surface area contributed by atoms with Crippen LogP contribution in [0.3, 0.4) is 0 Å². The van der Waals surface area contributed by atoms with E-state index in [1.165, 1.54) is 55.3 Å². The highest BCUT2D eigenvalue weighted by Crippen LogP contribution is 2.63. The van der Waals surface area contributed by atoms with Crippen LogP contribution in [0.25, 0.3) is 49.7 Å². The summed E-state index contributed by atoms with van der Waals surface area (Å²) in [4.78, 5) is 4.76. The van der Waals surface area contributed by atoms with Crippen molar-refractivity contribution < 1.29 is 0 Å². The molecule has 0 atom stereocenters. The summed E-state index contributed by atoms with van der Waals surface area (Å²) >= 11 is 0. The third-order valence-corrected chi connectivity index (χ3v) is 13.8. The Morgan fingerprint density at radius 2 is 0.848 bits per heavy atom. The maximum absolute atomic E-state index is 4.08. The predicted octanol–water partition coefficient (Wildman–Crippen LogP) is 17.4. The van der Waals surface area contributed by atoms with Gasteiger partial charge in [0.25, 0.3) is 0 Å². The van der Waals surface area contributed by atoms with Gasteiger partial charge in [0.1, 0.15) is 0 Å². The van der Waals surface area contributed by atoms with Crippen molar-refractivity contribution in [1.29, 1.82) is 0 Å². The Kier molecular flexibility index (Phi) is 9.47. The molecule has 0 saturated heterocycles. The second-order valence-electron chi connectivity index (χ2n) is 17.2. The fourth-order valence-electron chi connectivity index (χ4n) is 10.9. The molecule has 2 aliphatic rings. The van der Waals surface area contributed by atoms with E-state index >= 15 is 0 Å². The summed E-state index contributed by atoms with van der Waals surface area (Å²) < 4.78 is 0. The number of hydrogen-bond acceptors (Lipinski definition) is 2. The lowest BCUT2D eigenvalue weighted by atomic mass is 9.70. The molecule has 0 aliphatic heterocycles. The minimum Gasteiger partial charge on any atom is -0.310 e. The lowest BCUT2D eigenvalue weighted by molar-refractivity contribution is 0.793. The van der Waals surface area contributed by atoms with Crippen LogP contribution in [0.4, 0.5) is 34.1 Å². The highest BCUT2D eigenvalue weighted by molar-refractivity contribution is 6.00. The maximum atomic E-state index is 4.08. The van der Waals surface area contributed by atoms with Crippen LogP contribution in [0.5, 0.6) is 0 Å². The van der Waals surface area contributed by atoms with Gasteiger partial charge in [-0.1, -0.05) is 189 Å². The summed E-state index contributed by atoms with van der Waals surface area (Å²) in [5, 5.41) is 2.43. The van der Waals surface area contributed by atoms with Crippen molar-refractivity contribution in [1.82, 2.24) is 0 Å². The topological polar surface area (TPSA) is 6.48 Å². The number of benzene rings is 10. The minimum absolute atomic E-state index is 0.435. The van der Waals surface area contributed by atoms with Crippen molar-refractivity contribution in [2.75, 3.05) is 9.80 Å². The Labute approximate surface area is 387 Å². The molecular formula is C64H46N2. The van der Waals surface area contributed by atoms with E-state index in [4.69, 9.17) is 0 Å². The van der Waals surface area contributed by atoms with Gasteiger partial charge in [-0.05, 0) is 146 Å². The first kappa shape index (κ1) is 39.2. The summed E-state index contributed by atoms with van der Waals surface area (Å²) in [7, 11) is 0. The van der Waals surface area contributed by atoms with E-state index in [2.05, 4.69) is 266 Å². The monoisotopic (exact) mass is 842 g/mol. The molecule has 10 aromatic carbocycles. The van der Waals surface area contributed by atoms with E-state index in [0.717, 1.165) is 56.4 Å². The Bertz CT molecular complexity index is 3420. The van der Waals surface area contributed by atoms with E-state index in [9.17, 15) is 0 Å². The van der Waals surface area contributed by atoms with Gasteiger partial charge in [0.2, 0.25) is 0 Å². The normalized spacial score (nSPS) is 12.9. The van der Waals surface area contributed by atoms with Crippen molar-refractivity contribution in [3.63, 3.8) is 0 Å². The third-order valence-electron chi connectivity index (χ3n) is 13.8. The standard InChI is InChI=1S/C64H46N2/c1-3-44(4-2)45-29-35-50(36-30-45)65(53-41-42-58-57-24-12-15-27-61(57)64(62(58)43-53)59-25-13-10-22-55(59)56-23-11-14-26-60(56)64)51-37-31-46(32-38-51)47-33-39-52(40-34-47)66(49-19-6-5-7-20-49)63-28-16-18-48-17-8-9-21-54(48)63/h3-43H,1H2,2H3/b44-4+. The van der Waals surface area contributed by atoms with Crippen LogP contribution in [0.15, 0.2) is 255 Å². The summed E-state index contributed by atoms with van der Waals surface area (Å²) in [6, 6.07) is 86.9. The van der Waals surface area contributed by atoms with E-state index in [-0.39, 0.29) is 0 Å². The molecule has 12 rings (SSSR count). The van der Waals surface area contributed by atoms with E-state index in [0.29, 0.717) is 0 Å².